The van der Waals surface area contributed by atoms with Crippen LogP contribution in [0.2, 0.25) is 0 Å². The van der Waals surface area contributed by atoms with Gasteiger partial charge in [0, 0.05) is 6.42 Å². The number of rotatable bonds is 6. The molecule has 5 nitrogen and oxygen atoms in total. The lowest BCUT2D eigenvalue weighted by Gasteiger charge is -2.15. The predicted molar refractivity (Wildman–Crippen MR) is 66.5 cm³/mol. The summed E-state index contributed by atoms with van der Waals surface area (Å²) in [5.41, 5.74) is 0.676. The average Bonchev–Trinajstić information content (AvgIpc) is 2.41. The average molecular weight is 305 g/mol. The molecule has 0 radical (unpaired) electrons. The summed E-state index contributed by atoms with van der Waals surface area (Å²) >= 11 is 0. The standard InChI is InChI=1S/C13H14F3NO4/c14-13(15,16)7-6-10(11(18)19)17-12(20)21-8-9-4-2-1-3-5-9/h1-5,10H,6-8H2,(H,17,20)(H,18,19)/t10-/m0/s1. The van der Waals surface area contributed by atoms with Gasteiger partial charge in [-0.1, -0.05) is 30.3 Å². The van der Waals surface area contributed by atoms with E-state index in [2.05, 4.69) is 0 Å². The van der Waals surface area contributed by atoms with E-state index in [1.54, 1.807) is 30.3 Å². The zero-order valence-corrected chi connectivity index (χ0v) is 10.9. The molecular formula is C13H14F3NO4. The highest BCUT2D eigenvalue weighted by atomic mass is 19.4. The molecule has 0 saturated carbocycles. The number of alkyl carbamates (subject to hydrolysis) is 1. The minimum absolute atomic E-state index is 0.0989. The van der Waals surface area contributed by atoms with Gasteiger partial charge in [-0.3, -0.25) is 0 Å². The molecule has 1 aromatic carbocycles. The number of carboxylic acid groups (broad SMARTS) is 1. The second-order valence-corrected chi connectivity index (χ2v) is 4.25. The van der Waals surface area contributed by atoms with Crippen LogP contribution >= 0.6 is 0 Å². The summed E-state index contributed by atoms with van der Waals surface area (Å²) in [7, 11) is 0. The van der Waals surface area contributed by atoms with Crippen molar-refractivity contribution in [3.8, 4) is 0 Å². The van der Waals surface area contributed by atoms with Crippen LogP contribution in [-0.4, -0.2) is 29.4 Å². The van der Waals surface area contributed by atoms with Crippen molar-refractivity contribution in [2.75, 3.05) is 0 Å². The van der Waals surface area contributed by atoms with Crippen LogP contribution in [0, 0.1) is 0 Å². The molecule has 1 rings (SSSR count). The third-order valence-electron chi connectivity index (χ3n) is 2.52. The van der Waals surface area contributed by atoms with Crippen molar-refractivity contribution in [2.45, 2.75) is 31.7 Å². The molecule has 0 spiro atoms. The fourth-order valence-electron chi connectivity index (χ4n) is 1.47. The minimum Gasteiger partial charge on any atom is -0.480 e. The third kappa shape index (κ3) is 7.19. The molecule has 0 unspecified atom stereocenters. The van der Waals surface area contributed by atoms with Gasteiger partial charge in [-0.25, -0.2) is 9.59 Å². The Kier molecular flexibility index (Phi) is 6.01. The van der Waals surface area contributed by atoms with Crippen LogP contribution < -0.4 is 5.32 Å². The van der Waals surface area contributed by atoms with Gasteiger partial charge >= 0.3 is 18.2 Å². The second-order valence-electron chi connectivity index (χ2n) is 4.25. The highest BCUT2D eigenvalue weighted by molar-refractivity contribution is 5.79. The quantitative estimate of drug-likeness (QED) is 0.847. The summed E-state index contributed by atoms with van der Waals surface area (Å²) < 4.78 is 40.9. The molecule has 0 aromatic heterocycles. The zero-order valence-electron chi connectivity index (χ0n) is 10.9. The number of carboxylic acids is 1. The number of benzene rings is 1. The molecule has 8 heteroatoms. The van der Waals surface area contributed by atoms with Gasteiger partial charge in [0.2, 0.25) is 0 Å². The van der Waals surface area contributed by atoms with Crippen LogP contribution in [0.3, 0.4) is 0 Å². The molecule has 0 saturated heterocycles. The number of hydrogen-bond acceptors (Lipinski definition) is 3. The van der Waals surface area contributed by atoms with Crippen molar-refractivity contribution in [1.82, 2.24) is 5.32 Å². The molecule has 0 bridgehead atoms. The summed E-state index contributed by atoms with van der Waals surface area (Å²) in [5, 5.41) is 10.7. The van der Waals surface area contributed by atoms with E-state index in [1.807, 2.05) is 5.32 Å². The van der Waals surface area contributed by atoms with Gasteiger partial charge in [0.05, 0.1) is 0 Å². The molecule has 1 atom stereocenters. The van der Waals surface area contributed by atoms with Gasteiger partial charge in [-0.05, 0) is 12.0 Å². The van der Waals surface area contributed by atoms with Gasteiger partial charge in [0.25, 0.3) is 0 Å². The Morgan fingerprint density at radius 3 is 2.38 bits per heavy atom. The van der Waals surface area contributed by atoms with Crippen LogP contribution in [0.1, 0.15) is 18.4 Å². The fourth-order valence-corrected chi connectivity index (χ4v) is 1.47. The summed E-state index contributed by atoms with van der Waals surface area (Å²) in [6.07, 6.45) is -7.61. The number of carbonyl (C=O) groups excluding carboxylic acids is 1. The third-order valence-corrected chi connectivity index (χ3v) is 2.52. The topological polar surface area (TPSA) is 75.6 Å². The lowest BCUT2D eigenvalue weighted by atomic mass is 10.1. The molecule has 0 aliphatic heterocycles. The maximum atomic E-state index is 12.0. The van der Waals surface area contributed by atoms with Crippen LogP contribution in [0.15, 0.2) is 30.3 Å². The van der Waals surface area contributed by atoms with Gasteiger partial charge < -0.3 is 15.2 Å². The Morgan fingerprint density at radius 2 is 1.86 bits per heavy atom. The van der Waals surface area contributed by atoms with Crippen molar-refractivity contribution in [3.05, 3.63) is 35.9 Å². The number of hydrogen-bond donors (Lipinski definition) is 2. The number of nitrogens with one attached hydrogen (secondary N) is 1. The van der Waals surface area contributed by atoms with E-state index in [0.29, 0.717) is 5.56 Å². The Labute approximate surface area is 118 Å². The zero-order chi connectivity index (χ0) is 15.9. The second kappa shape index (κ2) is 7.51. The SMILES string of the molecule is O=C(N[C@@H](CCC(F)(F)F)C(=O)O)OCc1ccccc1. The van der Waals surface area contributed by atoms with Crippen molar-refractivity contribution in [1.29, 1.82) is 0 Å². The number of carbonyl (C=O) groups is 2. The Bertz CT molecular complexity index is 476. The first-order chi connectivity index (χ1) is 9.78. The highest BCUT2D eigenvalue weighted by Gasteiger charge is 2.31. The van der Waals surface area contributed by atoms with Crippen molar-refractivity contribution in [2.24, 2.45) is 0 Å². The van der Waals surface area contributed by atoms with Crippen LogP contribution in [0.4, 0.5) is 18.0 Å². The van der Waals surface area contributed by atoms with Crippen LogP contribution in [-0.2, 0) is 16.1 Å². The molecular weight excluding hydrogens is 291 g/mol. The molecule has 116 valence electrons. The first-order valence-corrected chi connectivity index (χ1v) is 6.04. The first-order valence-electron chi connectivity index (χ1n) is 6.04. The van der Waals surface area contributed by atoms with E-state index in [-0.39, 0.29) is 6.61 Å². The maximum absolute atomic E-state index is 12.0. The summed E-state index contributed by atoms with van der Waals surface area (Å²) in [6, 6.07) is 6.94. The Balaban J connectivity index is 2.43. The van der Waals surface area contributed by atoms with E-state index >= 15 is 0 Å². The molecule has 2 N–H and O–H groups in total. The molecule has 0 aliphatic carbocycles. The monoisotopic (exact) mass is 305 g/mol. The van der Waals surface area contributed by atoms with Crippen LogP contribution in [0.5, 0.6) is 0 Å². The molecule has 21 heavy (non-hydrogen) atoms. The molecule has 0 fully saturated rings. The number of ether oxygens (including phenoxy) is 1. The summed E-state index contributed by atoms with van der Waals surface area (Å²) in [4.78, 5) is 22.2. The van der Waals surface area contributed by atoms with Gasteiger partial charge in [0.1, 0.15) is 12.6 Å². The molecule has 1 aromatic rings. The maximum Gasteiger partial charge on any atom is 0.408 e. The van der Waals surface area contributed by atoms with Crippen LogP contribution in [0.25, 0.3) is 0 Å². The predicted octanol–water partition coefficient (Wildman–Crippen LogP) is 2.71. The highest BCUT2D eigenvalue weighted by Crippen LogP contribution is 2.22. The summed E-state index contributed by atoms with van der Waals surface area (Å²) in [6.45, 7) is -0.0989. The van der Waals surface area contributed by atoms with Gasteiger partial charge in [-0.2, -0.15) is 13.2 Å². The van der Waals surface area contributed by atoms with E-state index < -0.39 is 37.1 Å². The van der Waals surface area contributed by atoms with E-state index in [9.17, 15) is 22.8 Å². The van der Waals surface area contributed by atoms with E-state index in [1.165, 1.54) is 0 Å². The first kappa shape index (κ1) is 16.8. The Morgan fingerprint density at radius 1 is 1.24 bits per heavy atom. The number of aliphatic carboxylic acids is 1. The van der Waals surface area contributed by atoms with Crippen molar-refractivity contribution in [3.63, 3.8) is 0 Å². The Hall–Kier alpha value is -2.25. The van der Waals surface area contributed by atoms with Crippen molar-refractivity contribution >= 4 is 12.1 Å². The van der Waals surface area contributed by atoms with Crippen molar-refractivity contribution < 1.29 is 32.6 Å². The largest absolute Gasteiger partial charge is 0.480 e. The summed E-state index contributed by atoms with van der Waals surface area (Å²) in [5.74, 6) is -1.55. The normalized spacial score (nSPS) is 12.5. The minimum atomic E-state index is -4.48. The number of alkyl halides is 3. The van der Waals surface area contributed by atoms with Gasteiger partial charge in [-0.15, -0.1) is 0 Å². The molecule has 0 aliphatic rings. The van der Waals surface area contributed by atoms with E-state index in [4.69, 9.17) is 9.84 Å². The van der Waals surface area contributed by atoms with E-state index in [0.717, 1.165) is 0 Å². The fraction of sp³-hybridized carbons (Fsp3) is 0.385. The molecule has 1 amide bonds. The lowest BCUT2D eigenvalue weighted by molar-refractivity contribution is -0.145. The molecule has 0 heterocycles. The number of amides is 1. The van der Waals surface area contributed by atoms with Gasteiger partial charge in [0.15, 0.2) is 0 Å². The lowest BCUT2D eigenvalue weighted by Crippen LogP contribution is -2.41. The smallest absolute Gasteiger partial charge is 0.408 e. The number of halogens is 3.